The minimum Gasteiger partial charge on any atom is -0.374 e. The Balaban J connectivity index is 2.19. The Morgan fingerprint density at radius 2 is 2.05 bits per heavy atom. The van der Waals surface area contributed by atoms with E-state index in [4.69, 9.17) is 27.9 Å². The molecule has 1 N–H and O–H groups in total. The predicted molar refractivity (Wildman–Crippen MR) is 84.8 cm³/mol. The van der Waals surface area contributed by atoms with Gasteiger partial charge in [0.05, 0.1) is 5.02 Å². The molecule has 0 amide bonds. The van der Waals surface area contributed by atoms with E-state index in [0.717, 1.165) is 10.2 Å². The van der Waals surface area contributed by atoms with Crippen molar-refractivity contribution in [2.45, 2.75) is 13.5 Å². The molecule has 2 rings (SSSR count). The van der Waals surface area contributed by atoms with Gasteiger partial charge in [-0.2, -0.15) is 0 Å². The highest BCUT2D eigenvalue weighted by Crippen LogP contribution is 2.27. The molecule has 0 atom stereocenters. The zero-order chi connectivity index (χ0) is 14.5. The number of benzene rings is 1. The van der Waals surface area contributed by atoms with Gasteiger partial charge < -0.3 is 10.1 Å². The van der Waals surface area contributed by atoms with Crippen LogP contribution in [0, 0.1) is 0 Å². The van der Waals surface area contributed by atoms with Crippen LogP contribution in [0.5, 0.6) is 0 Å². The summed E-state index contributed by atoms with van der Waals surface area (Å²) in [6.07, 6.45) is 0. The molecule has 0 aliphatic rings. The van der Waals surface area contributed by atoms with E-state index in [1.165, 1.54) is 0 Å². The standard InChI is InChI=1S/C13H12BrCl2N3O/c1-2-20-7-13-18-11(16)6-12(19-13)17-8-3-4-9(14)10(15)5-8/h3-6H,2,7H2,1H3,(H,17,18,19). The second kappa shape index (κ2) is 7.22. The summed E-state index contributed by atoms with van der Waals surface area (Å²) in [6.45, 7) is 2.83. The fourth-order valence-corrected chi connectivity index (χ4v) is 2.14. The molecule has 0 fully saturated rings. The van der Waals surface area contributed by atoms with Crippen LogP contribution < -0.4 is 5.32 Å². The molecule has 106 valence electrons. The molecule has 0 aliphatic carbocycles. The molecule has 0 unspecified atom stereocenters. The monoisotopic (exact) mass is 375 g/mol. The van der Waals surface area contributed by atoms with Gasteiger partial charge in [0.15, 0.2) is 5.82 Å². The van der Waals surface area contributed by atoms with Gasteiger partial charge in [0.2, 0.25) is 0 Å². The number of nitrogens with zero attached hydrogens (tertiary/aromatic N) is 2. The fourth-order valence-electron chi connectivity index (χ4n) is 1.51. The topological polar surface area (TPSA) is 47.0 Å². The molecule has 1 aromatic heterocycles. The van der Waals surface area contributed by atoms with E-state index in [0.29, 0.717) is 35.0 Å². The molecular formula is C13H12BrCl2N3O. The van der Waals surface area contributed by atoms with Crippen molar-refractivity contribution in [1.29, 1.82) is 0 Å². The lowest BCUT2D eigenvalue weighted by Crippen LogP contribution is -2.02. The number of ether oxygens (including phenoxy) is 1. The first-order chi connectivity index (χ1) is 9.58. The molecule has 7 heteroatoms. The predicted octanol–water partition coefficient (Wildman–Crippen LogP) is 4.83. The van der Waals surface area contributed by atoms with Crippen molar-refractivity contribution in [3.8, 4) is 0 Å². The Bertz CT molecular complexity index is 610. The van der Waals surface area contributed by atoms with Crippen molar-refractivity contribution in [1.82, 2.24) is 9.97 Å². The third kappa shape index (κ3) is 4.31. The van der Waals surface area contributed by atoms with Crippen LogP contribution in [0.25, 0.3) is 0 Å². The second-order valence-corrected chi connectivity index (χ2v) is 5.53. The maximum absolute atomic E-state index is 6.05. The number of rotatable bonds is 5. The highest BCUT2D eigenvalue weighted by molar-refractivity contribution is 9.10. The van der Waals surface area contributed by atoms with Crippen LogP contribution in [0.1, 0.15) is 12.7 Å². The average molecular weight is 377 g/mol. The third-order valence-corrected chi connectivity index (χ3v) is 3.79. The second-order valence-electron chi connectivity index (χ2n) is 3.88. The Morgan fingerprint density at radius 1 is 1.25 bits per heavy atom. The van der Waals surface area contributed by atoms with Crippen LogP contribution in [0.15, 0.2) is 28.7 Å². The molecule has 0 aliphatic heterocycles. The van der Waals surface area contributed by atoms with Gasteiger partial charge in [-0.05, 0) is 41.1 Å². The molecule has 1 heterocycles. The van der Waals surface area contributed by atoms with Crippen LogP contribution in [0.4, 0.5) is 11.5 Å². The van der Waals surface area contributed by atoms with E-state index in [1.54, 1.807) is 12.1 Å². The molecule has 1 aromatic carbocycles. The first-order valence-electron chi connectivity index (χ1n) is 5.91. The van der Waals surface area contributed by atoms with E-state index in [2.05, 4.69) is 31.2 Å². The molecule has 0 saturated carbocycles. The maximum atomic E-state index is 6.05. The third-order valence-electron chi connectivity index (χ3n) is 2.37. The van der Waals surface area contributed by atoms with Gasteiger partial charge in [0.25, 0.3) is 0 Å². The van der Waals surface area contributed by atoms with Crippen LogP contribution in [-0.2, 0) is 11.3 Å². The summed E-state index contributed by atoms with van der Waals surface area (Å²) in [6, 6.07) is 7.18. The van der Waals surface area contributed by atoms with E-state index in [1.807, 2.05) is 19.1 Å². The molecule has 0 saturated heterocycles. The van der Waals surface area contributed by atoms with E-state index in [-0.39, 0.29) is 0 Å². The van der Waals surface area contributed by atoms with Gasteiger partial charge in [-0.1, -0.05) is 23.2 Å². The highest BCUT2D eigenvalue weighted by Gasteiger charge is 2.05. The first-order valence-corrected chi connectivity index (χ1v) is 7.46. The van der Waals surface area contributed by atoms with Crippen molar-refractivity contribution < 1.29 is 4.74 Å². The van der Waals surface area contributed by atoms with E-state index >= 15 is 0 Å². The summed E-state index contributed by atoms with van der Waals surface area (Å²) < 4.78 is 6.11. The van der Waals surface area contributed by atoms with Crippen molar-refractivity contribution in [3.63, 3.8) is 0 Å². The molecule has 4 nitrogen and oxygen atoms in total. The minimum absolute atomic E-state index is 0.326. The van der Waals surface area contributed by atoms with Crippen molar-refractivity contribution >= 4 is 50.6 Å². The Hall–Kier alpha value is -0.880. The largest absolute Gasteiger partial charge is 0.374 e. The van der Waals surface area contributed by atoms with E-state index in [9.17, 15) is 0 Å². The quantitative estimate of drug-likeness (QED) is 0.759. The van der Waals surface area contributed by atoms with Crippen molar-refractivity contribution in [2.75, 3.05) is 11.9 Å². The average Bonchev–Trinajstić information content (AvgIpc) is 2.40. The summed E-state index contributed by atoms with van der Waals surface area (Å²) in [4.78, 5) is 8.43. The number of aromatic nitrogens is 2. The summed E-state index contributed by atoms with van der Waals surface area (Å²) in [5.41, 5.74) is 0.815. The van der Waals surface area contributed by atoms with Gasteiger partial charge in [0, 0.05) is 22.8 Å². The van der Waals surface area contributed by atoms with E-state index < -0.39 is 0 Å². The van der Waals surface area contributed by atoms with Crippen LogP contribution in [0.2, 0.25) is 10.2 Å². The fraction of sp³-hybridized carbons (Fsp3) is 0.231. The lowest BCUT2D eigenvalue weighted by atomic mass is 10.3. The zero-order valence-electron chi connectivity index (χ0n) is 10.7. The number of halogens is 3. The number of hydrogen-bond donors (Lipinski definition) is 1. The molecule has 0 spiro atoms. The van der Waals surface area contributed by atoms with Gasteiger partial charge in [-0.15, -0.1) is 0 Å². The minimum atomic E-state index is 0.326. The zero-order valence-corrected chi connectivity index (χ0v) is 13.8. The van der Waals surface area contributed by atoms with Crippen molar-refractivity contribution in [3.05, 3.63) is 44.7 Å². The number of hydrogen-bond acceptors (Lipinski definition) is 4. The van der Waals surface area contributed by atoms with Gasteiger partial charge in [0.1, 0.15) is 17.6 Å². The number of anilines is 2. The smallest absolute Gasteiger partial charge is 0.158 e. The lowest BCUT2D eigenvalue weighted by Gasteiger charge is -2.09. The number of nitrogens with one attached hydrogen (secondary N) is 1. The summed E-state index contributed by atoms with van der Waals surface area (Å²) in [5, 5.41) is 4.11. The molecule has 2 aromatic rings. The van der Waals surface area contributed by atoms with Gasteiger partial charge in [-0.25, -0.2) is 9.97 Å². The van der Waals surface area contributed by atoms with Gasteiger partial charge >= 0.3 is 0 Å². The van der Waals surface area contributed by atoms with Crippen molar-refractivity contribution in [2.24, 2.45) is 0 Å². The summed E-state index contributed by atoms with van der Waals surface area (Å²) >= 11 is 15.4. The molecule has 20 heavy (non-hydrogen) atoms. The van der Waals surface area contributed by atoms with Crippen LogP contribution >= 0.6 is 39.1 Å². The first kappa shape index (κ1) is 15.5. The lowest BCUT2D eigenvalue weighted by molar-refractivity contribution is 0.128. The highest BCUT2D eigenvalue weighted by atomic mass is 79.9. The molecular weight excluding hydrogens is 365 g/mol. The maximum Gasteiger partial charge on any atom is 0.158 e. The van der Waals surface area contributed by atoms with Gasteiger partial charge in [-0.3, -0.25) is 0 Å². The Labute approximate surface area is 135 Å². The summed E-state index contributed by atoms with van der Waals surface area (Å²) in [5.74, 6) is 1.13. The molecule has 0 bridgehead atoms. The SMILES string of the molecule is CCOCc1nc(Cl)cc(Nc2ccc(Br)c(Cl)c2)n1. The molecule has 0 radical (unpaired) electrons. The Morgan fingerprint density at radius 3 is 2.75 bits per heavy atom. The summed E-state index contributed by atoms with van der Waals surface area (Å²) in [7, 11) is 0. The van der Waals surface area contributed by atoms with Crippen LogP contribution in [-0.4, -0.2) is 16.6 Å². The van der Waals surface area contributed by atoms with Crippen LogP contribution in [0.3, 0.4) is 0 Å². The normalized spacial score (nSPS) is 10.6. The Kier molecular flexibility index (Phi) is 5.60.